The summed E-state index contributed by atoms with van der Waals surface area (Å²) in [7, 11) is 0. The van der Waals surface area contributed by atoms with Crippen LogP contribution in [0.3, 0.4) is 0 Å². The molecule has 0 saturated carbocycles. The number of aromatic nitrogens is 4. The molecule has 0 atom stereocenters. The van der Waals surface area contributed by atoms with Crippen LogP contribution in [0, 0.1) is 13.8 Å². The number of fused-ring (bicyclic) bond motifs is 8. The molecule has 6 heterocycles. The lowest BCUT2D eigenvalue weighted by Gasteiger charge is -2.11. The number of hydrogen-bond acceptors (Lipinski definition) is 6. The minimum absolute atomic E-state index is 0.0986. The van der Waals surface area contributed by atoms with Crippen molar-refractivity contribution in [3.63, 3.8) is 0 Å². The number of aryl methyl sites for hydroxylation is 2. The molecule has 152 valence electrons. The topological polar surface area (TPSA) is 68.7 Å². The van der Waals surface area contributed by atoms with Crippen LogP contribution in [0.15, 0.2) is 46.0 Å². The number of benzene rings is 2. The third-order valence-electron chi connectivity index (χ3n) is 6.43. The number of thiophene rings is 2. The van der Waals surface area contributed by atoms with Crippen LogP contribution in [0.25, 0.3) is 64.3 Å². The van der Waals surface area contributed by atoms with Crippen LogP contribution < -0.4 is 11.1 Å². The Labute approximate surface area is 186 Å². The van der Waals surface area contributed by atoms with E-state index in [1.165, 1.54) is 0 Å². The van der Waals surface area contributed by atoms with Gasteiger partial charge in [0, 0.05) is 42.1 Å². The monoisotopic (exact) mass is 452 g/mol. The average Bonchev–Trinajstić information content (AvgIpc) is 3.48. The SMILES string of the molecule is Cc1cc2nc3c4ccc5c(=O)n6c(nc7cc(C)sc76)c6ccc(c(=O)n3c2s1)c4c56. The molecule has 0 aliphatic rings. The van der Waals surface area contributed by atoms with Crippen molar-refractivity contribution in [2.45, 2.75) is 13.8 Å². The molecule has 0 amide bonds. The first-order chi connectivity index (χ1) is 15.5. The summed E-state index contributed by atoms with van der Waals surface area (Å²) in [6, 6.07) is 11.6. The highest BCUT2D eigenvalue weighted by Crippen LogP contribution is 2.38. The number of imidazole rings is 2. The zero-order valence-electron chi connectivity index (χ0n) is 16.9. The van der Waals surface area contributed by atoms with Gasteiger partial charge in [0.1, 0.15) is 32.0 Å². The number of rotatable bonds is 0. The molecule has 0 bridgehead atoms. The first kappa shape index (κ1) is 17.0. The van der Waals surface area contributed by atoms with Gasteiger partial charge in [-0.25, -0.2) is 18.8 Å². The Balaban J connectivity index is 1.71. The van der Waals surface area contributed by atoms with Gasteiger partial charge in [0.15, 0.2) is 0 Å². The lowest BCUT2D eigenvalue weighted by molar-refractivity contribution is 1.19. The summed E-state index contributed by atoms with van der Waals surface area (Å²) in [6.45, 7) is 4.04. The summed E-state index contributed by atoms with van der Waals surface area (Å²) in [4.78, 5) is 40.8. The molecular formula is C24H12N4O2S2. The van der Waals surface area contributed by atoms with Gasteiger partial charge in [0.25, 0.3) is 11.1 Å². The van der Waals surface area contributed by atoms with E-state index in [0.717, 1.165) is 52.0 Å². The summed E-state index contributed by atoms with van der Waals surface area (Å²) in [5, 5.41) is 4.56. The first-order valence-corrected chi connectivity index (χ1v) is 11.8. The van der Waals surface area contributed by atoms with Gasteiger partial charge in [-0.15, -0.1) is 22.7 Å². The Hall–Kier alpha value is -3.62. The zero-order valence-corrected chi connectivity index (χ0v) is 18.5. The molecule has 8 heteroatoms. The highest BCUT2D eigenvalue weighted by atomic mass is 32.1. The zero-order chi connectivity index (χ0) is 21.5. The standard InChI is InChI=1S/C24H12N4O2S2/c1-9-7-15-23(31-9)27-19(25-15)11-3-6-14-18-12(4-5-13(17(11)18)21(27)29)20-26-16-8-10(2)32-24(16)28(20)22(14)30/h3-8H,1-2H3. The average molecular weight is 453 g/mol. The maximum atomic E-state index is 13.6. The molecule has 6 aromatic heterocycles. The van der Waals surface area contributed by atoms with E-state index < -0.39 is 0 Å². The second-order valence-corrected chi connectivity index (χ2v) is 10.8. The van der Waals surface area contributed by atoms with Crippen molar-refractivity contribution in [2.75, 3.05) is 0 Å². The Morgan fingerprint density at radius 2 is 1.06 bits per heavy atom. The molecule has 6 nitrogen and oxygen atoms in total. The number of hydrogen-bond donors (Lipinski definition) is 0. The summed E-state index contributed by atoms with van der Waals surface area (Å²) in [5.41, 5.74) is 2.75. The van der Waals surface area contributed by atoms with Gasteiger partial charge < -0.3 is 0 Å². The largest absolute Gasteiger partial charge is 0.268 e. The van der Waals surface area contributed by atoms with Crippen LogP contribution in [-0.2, 0) is 0 Å². The van der Waals surface area contributed by atoms with Crippen molar-refractivity contribution in [1.29, 1.82) is 0 Å². The normalized spacial score (nSPS) is 12.9. The molecule has 0 saturated heterocycles. The van der Waals surface area contributed by atoms with E-state index in [9.17, 15) is 9.59 Å². The molecule has 0 aliphatic heterocycles. The highest BCUT2D eigenvalue weighted by molar-refractivity contribution is 7.19. The Kier molecular flexibility index (Phi) is 2.78. The van der Waals surface area contributed by atoms with Crippen molar-refractivity contribution in [1.82, 2.24) is 18.8 Å². The van der Waals surface area contributed by atoms with E-state index in [1.54, 1.807) is 31.5 Å². The summed E-state index contributed by atoms with van der Waals surface area (Å²) < 4.78 is 3.44. The van der Waals surface area contributed by atoms with Gasteiger partial charge >= 0.3 is 0 Å². The Morgan fingerprint density at radius 3 is 1.50 bits per heavy atom. The summed E-state index contributed by atoms with van der Waals surface area (Å²) in [6.07, 6.45) is 0. The first-order valence-electron chi connectivity index (χ1n) is 10.2. The molecular weight excluding hydrogens is 440 g/mol. The predicted molar refractivity (Wildman–Crippen MR) is 132 cm³/mol. The van der Waals surface area contributed by atoms with Crippen LogP contribution in [0.5, 0.6) is 0 Å². The van der Waals surface area contributed by atoms with Crippen molar-refractivity contribution >= 4 is 87.0 Å². The number of pyridine rings is 2. The molecule has 0 spiro atoms. The van der Waals surface area contributed by atoms with E-state index in [-0.39, 0.29) is 11.1 Å². The second kappa shape index (κ2) is 5.23. The Morgan fingerprint density at radius 1 is 0.656 bits per heavy atom. The minimum atomic E-state index is -0.0986. The van der Waals surface area contributed by atoms with Gasteiger partial charge in [-0.2, -0.15) is 0 Å². The summed E-state index contributed by atoms with van der Waals surface area (Å²) >= 11 is 3.14. The predicted octanol–water partition coefficient (Wildman–Crippen LogP) is 5.08. The van der Waals surface area contributed by atoms with E-state index in [4.69, 9.17) is 9.97 Å². The van der Waals surface area contributed by atoms with Gasteiger partial charge in [-0.05, 0) is 50.2 Å². The maximum Gasteiger partial charge on any atom is 0.265 e. The molecule has 32 heavy (non-hydrogen) atoms. The van der Waals surface area contributed by atoms with Gasteiger partial charge in [-0.1, -0.05) is 0 Å². The van der Waals surface area contributed by atoms with Crippen LogP contribution in [-0.4, -0.2) is 18.8 Å². The van der Waals surface area contributed by atoms with Gasteiger partial charge in [0.2, 0.25) is 0 Å². The lowest BCUT2D eigenvalue weighted by Crippen LogP contribution is -2.16. The highest BCUT2D eigenvalue weighted by Gasteiger charge is 2.23. The van der Waals surface area contributed by atoms with Crippen molar-refractivity contribution in [2.24, 2.45) is 0 Å². The molecule has 0 unspecified atom stereocenters. The van der Waals surface area contributed by atoms with Crippen LogP contribution in [0.1, 0.15) is 9.75 Å². The van der Waals surface area contributed by atoms with Crippen molar-refractivity contribution in [3.8, 4) is 0 Å². The van der Waals surface area contributed by atoms with Crippen LogP contribution >= 0.6 is 22.7 Å². The van der Waals surface area contributed by atoms with Crippen LogP contribution in [0.2, 0.25) is 0 Å². The molecule has 0 N–H and O–H groups in total. The van der Waals surface area contributed by atoms with Gasteiger partial charge in [-0.3, -0.25) is 9.59 Å². The number of nitrogens with zero attached hydrogens (tertiary/aromatic N) is 4. The third-order valence-corrected chi connectivity index (χ3v) is 8.48. The summed E-state index contributed by atoms with van der Waals surface area (Å²) in [5.74, 6) is 0. The van der Waals surface area contributed by atoms with E-state index >= 15 is 0 Å². The quantitative estimate of drug-likeness (QED) is 0.301. The van der Waals surface area contributed by atoms with Crippen molar-refractivity contribution in [3.05, 3.63) is 66.9 Å². The van der Waals surface area contributed by atoms with E-state index in [1.807, 2.05) is 50.2 Å². The van der Waals surface area contributed by atoms with E-state index in [0.29, 0.717) is 22.1 Å². The molecule has 2 aromatic carbocycles. The lowest BCUT2D eigenvalue weighted by atomic mass is 9.96. The van der Waals surface area contributed by atoms with Gasteiger partial charge in [0.05, 0.1) is 0 Å². The fourth-order valence-electron chi connectivity index (χ4n) is 5.18. The fourth-order valence-corrected chi connectivity index (χ4v) is 7.07. The molecule has 0 aliphatic carbocycles. The Bertz CT molecular complexity index is 2060. The van der Waals surface area contributed by atoms with Crippen molar-refractivity contribution < 1.29 is 0 Å². The maximum absolute atomic E-state index is 13.6. The second-order valence-electron chi connectivity index (χ2n) is 8.32. The smallest absolute Gasteiger partial charge is 0.265 e. The third kappa shape index (κ3) is 1.76. The van der Waals surface area contributed by atoms with Crippen LogP contribution in [0.4, 0.5) is 0 Å². The molecule has 0 fully saturated rings. The minimum Gasteiger partial charge on any atom is -0.268 e. The molecule has 8 rings (SSSR count). The van der Waals surface area contributed by atoms with E-state index in [2.05, 4.69) is 0 Å². The molecule has 8 aromatic rings. The fraction of sp³-hybridized carbons (Fsp3) is 0.0833. The molecule has 0 radical (unpaired) electrons.